The van der Waals surface area contributed by atoms with Crippen molar-refractivity contribution < 1.29 is 36.8 Å². The molecule has 2 N–H and O–H groups in total. The minimum atomic E-state index is -4.78. The summed E-state index contributed by atoms with van der Waals surface area (Å²) in [6.45, 7) is 1.28. The number of carbonyl (C=O) groups excluding carboxylic acids is 1. The molecule has 1 amide bonds. The number of rotatable bonds is 7. The molecule has 28 heavy (non-hydrogen) atoms. The molecule has 3 heterocycles. The Hall–Kier alpha value is -2.62. The highest BCUT2D eigenvalue weighted by atomic mass is 32.3. The first-order valence-electron chi connectivity index (χ1n) is 7.59. The Morgan fingerprint density at radius 2 is 2.07 bits per heavy atom. The third-order valence-corrected chi connectivity index (χ3v) is 5.74. The smallest absolute Gasteiger partial charge is 0.397 e. The average Bonchev–Trinajstić information content (AvgIpc) is 2.88. The predicted molar refractivity (Wildman–Crippen MR) is 90.0 cm³/mol. The van der Waals surface area contributed by atoms with E-state index in [0.717, 1.165) is 29.1 Å². The minimum Gasteiger partial charge on any atom is -0.477 e. The van der Waals surface area contributed by atoms with Crippen LogP contribution in [0.2, 0.25) is 0 Å². The number of β-lactam (4-membered cyclic amide) rings is 1. The van der Waals surface area contributed by atoms with Gasteiger partial charge in [-0.15, -0.1) is 0 Å². The topological polar surface area (TPSA) is 190 Å². The van der Waals surface area contributed by atoms with Gasteiger partial charge in [0.05, 0.1) is 23.0 Å². The zero-order valence-corrected chi connectivity index (χ0v) is 15.6. The van der Waals surface area contributed by atoms with Crippen LogP contribution in [-0.2, 0) is 24.2 Å². The van der Waals surface area contributed by atoms with Gasteiger partial charge in [0.15, 0.2) is 5.16 Å². The summed E-state index contributed by atoms with van der Waals surface area (Å²) in [7, 11) is -4.78. The second kappa shape index (κ2) is 7.08. The maximum atomic E-state index is 12.4. The number of fused-ring (bicyclic) bond motifs is 1. The first kappa shape index (κ1) is 20.1. The average molecular weight is 432 g/mol. The number of hydrogen-bond acceptors (Lipinski definition) is 10. The molecule has 0 aromatic carbocycles. The van der Waals surface area contributed by atoms with Crippen LogP contribution in [0.15, 0.2) is 28.2 Å². The molecular formula is C13H12N4O9S2. The van der Waals surface area contributed by atoms with E-state index in [9.17, 15) is 33.2 Å². The van der Waals surface area contributed by atoms with Gasteiger partial charge in [0, 0.05) is 11.3 Å². The van der Waals surface area contributed by atoms with E-state index in [4.69, 9.17) is 4.55 Å². The Morgan fingerprint density at radius 1 is 1.46 bits per heavy atom. The Bertz CT molecular complexity index is 992. The van der Waals surface area contributed by atoms with Crippen LogP contribution in [0.25, 0.3) is 0 Å². The molecule has 1 saturated heterocycles. The zero-order valence-electron chi connectivity index (χ0n) is 14.0. The van der Waals surface area contributed by atoms with Crippen LogP contribution in [0.3, 0.4) is 0 Å². The first-order chi connectivity index (χ1) is 13.0. The molecule has 1 aromatic rings. The van der Waals surface area contributed by atoms with Gasteiger partial charge in [-0.05, 0) is 6.92 Å². The lowest BCUT2D eigenvalue weighted by molar-refractivity contribution is -0.385. The largest absolute Gasteiger partial charge is 0.477 e. The Morgan fingerprint density at radius 3 is 2.57 bits per heavy atom. The van der Waals surface area contributed by atoms with Crippen molar-refractivity contribution in [2.75, 3.05) is 0 Å². The van der Waals surface area contributed by atoms with Gasteiger partial charge in [0.1, 0.15) is 18.1 Å². The van der Waals surface area contributed by atoms with Crippen molar-refractivity contribution in [1.29, 1.82) is 0 Å². The summed E-state index contributed by atoms with van der Waals surface area (Å²) in [4.78, 5) is 42.8. The lowest BCUT2D eigenvalue weighted by Gasteiger charge is -2.45. The number of aliphatic carboxylic acids is 1. The SMILES string of the molecule is C[C@H](OS(=O)(=O)O)[C@@H]1C(=O)N2C(C(=O)O)=C(Sc3ncc([N+](=O)[O-])cn3)C[C@H]12. The maximum Gasteiger partial charge on any atom is 0.397 e. The first-order valence-corrected chi connectivity index (χ1v) is 9.77. The van der Waals surface area contributed by atoms with Gasteiger partial charge >= 0.3 is 22.1 Å². The summed E-state index contributed by atoms with van der Waals surface area (Å²) in [6, 6.07) is -0.670. The van der Waals surface area contributed by atoms with Gasteiger partial charge in [-0.1, -0.05) is 11.8 Å². The molecule has 0 radical (unpaired) electrons. The van der Waals surface area contributed by atoms with Crippen LogP contribution in [-0.4, -0.2) is 61.9 Å². The van der Waals surface area contributed by atoms with Gasteiger partial charge < -0.3 is 10.0 Å². The predicted octanol–water partition coefficient (Wildman–Crippen LogP) is 0.212. The third kappa shape index (κ3) is 3.68. The fraction of sp³-hybridized carbons (Fsp3) is 0.385. The van der Waals surface area contributed by atoms with Crippen LogP contribution >= 0.6 is 11.8 Å². The summed E-state index contributed by atoms with van der Waals surface area (Å²) >= 11 is 0.836. The lowest BCUT2D eigenvalue weighted by atomic mass is 9.83. The highest BCUT2D eigenvalue weighted by molar-refractivity contribution is 8.03. The molecule has 0 spiro atoms. The number of nitro groups is 1. The minimum absolute atomic E-state index is 0.0492. The molecule has 1 aromatic heterocycles. The molecule has 2 aliphatic heterocycles. The van der Waals surface area contributed by atoms with E-state index in [1.807, 2.05) is 0 Å². The van der Waals surface area contributed by atoms with E-state index in [2.05, 4.69) is 14.2 Å². The summed E-state index contributed by atoms with van der Waals surface area (Å²) in [5.74, 6) is -2.99. The third-order valence-electron chi connectivity index (χ3n) is 4.19. The maximum absolute atomic E-state index is 12.4. The highest BCUT2D eigenvalue weighted by Gasteiger charge is 2.58. The van der Waals surface area contributed by atoms with Gasteiger partial charge in [0.25, 0.3) is 0 Å². The van der Waals surface area contributed by atoms with E-state index in [0.29, 0.717) is 0 Å². The van der Waals surface area contributed by atoms with E-state index in [-0.39, 0.29) is 27.9 Å². The number of aromatic nitrogens is 2. The van der Waals surface area contributed by atoms with Crippen molar-refractivity contribution in [2.24, 2.45) is 5.92 Å². The van der Waals surface area contributed by atoms with E-state index in [1.54, 1.807) is 0 Å². The number of hydrogen-bond donors (Lipinski definition) is 2. The van der Waals surface area contributed by atoms with Crippen molar-refractivity contribution in [2.45, 2.75) is 30.6 Å². The van der Waals surface area contributed by atoms with Crippen molar-refractivity contribution in [3.63, 3.8) is 0 Å². The number of thioether (sulfide) groups is 1. The van der Waals surface area contributed by atoms with Gasteiger partial charge in [-0.25, -0.2) is 18.9 Å². The molecule has 2 aliphatic rings. The van der Waals surface area contributed by atoms with Crippen LogP contribution < -0.4 is 0 Å². The molecule has 1 fully saturated rings. The quantitative estimate of drug-likeness (QED) is 0.196. The van der Waals surface area contributed by atoms with Gasteiger partial charge in [-0.2, -0.15) is 8.42 Å². The zero-order chi connectivity index (χ0) is 20.8. The standard InChI is InChI=1S/C13H12N4O9S2/c1-5(26-28(23,24)25)9-7-2-8(10(12(19)20)16(7)11(9)18)27-13-14-3-6(4-15-13)17(21)22/h3-5,7,9H,2H2,1H3,(H,19,20)(H,23,24,25)/t5-,7+,9-/m0/s1. The van der Waals surface area contributed by atoms with Crippen LogP contribution in [0.5, 0.6) is 0 Å². The van der Waals surface area contributed by atoms with Crippen LogP contribution in [0.4, 0.5) is 5.69 Å². The molecule has 0 bridgehead atoms. The second-order valence-electron chi connectivity index (χ2n) is 5.89. The van der Waals surface area contributed by atoms with E-state index in [1.165, 1.54) is 6.92 Å². The monoisotopic (exact) mass is 432 g/mol. The fourth-order valence-corrected chi connectivity index (χ4v) is 4.60. The molecule has 15 heteroatoms. The van der Waals surface area contributed by atoms with Crippen molar-refractivity contribution in [1.82, 2.24) is 14.9 Å². The van der Waals surface area contributed by atoms with Crippen molar-refractivity contribution in [3.8, 4) is 0 Å². The molecule has 13 nitrogen and oxygen atoms in total. The van der Waals surface area contributed by atoms with Crippen molar-refractivity contribution in [3.05, 3.63) is 33.1 Å². The van der Waals surface area contributed by atoms with E-state index >= 15 is 0 Å². The normalized spacial score (nSPS) is 22.6. The van der Waals surface area contributed by atoms with Gasteiger partial charge in [-0.3, -0.25) is 19.5 Å². The Labute approximate surface area is 161 Å². The molecule has 0 saturated carbocycles. The molecule has 0 unspecified atom stereocenters. The van der Waals surface area contributed by atoms with Crippen LogP contribution in [0.1, 0.15) is 13.3 Å². The number of amides is 1. The summed E-state index contributed by atoms with van der Waals surface area (Å²) < 4.78 is 35.0. The van der Waals surface area contributed by atoms with Crippen molar-refractivity contribution >= 4 is 39.7 Å². The van der Waals surface area contributed by atoms with Gasteiger partial charge in [0.2, 0.25) is 5.91 Å². The van der Waals surface area contributed by atoms with E-state index < -0.39 is 45.3 Å². The number of nitrogens with zero attached hydrogens (tertiary/aromatic N) is 4. The number of carboxylic acid groups (broad SMARTS) is 1. The summed E-state index contributed by atoms with van der Waals surface area (Å²) in [5.41, 5.74) is -0.629. The fourth-order valence-electron chi connectivity index (χ4n) is 3.13. The summed E-state index contributed by atoms with van der Waals surface area (Å²) in [6.07, 6.45) is 0.813. The number of carboxylic acids is 1. The Balaban J connectivity index is 1.82. The second-order valence-corrected chi connectivity index (χ2v) is 8.00. The molecule has 150 valence electrons. The molecular weight excluding hydrogens is 420 g/mol. The summed E-state index contributed by atoms with van der Waals surface area (Å²) in [5, 5.41) is 20.2. The lowest BCUT2D eigenvalue weighted by Crippen LogP contribution is -2.62. The molecule has 3 atom stereocenters. The molecule has 3 rings (SSSR count). The van der Waals surface area contributed by atoms with Crippen LogP contribution in [0, 0.1) is 16.0 Å². The number of carbonyl (C=O) groups is 2. The highest BCUT2D eigenvalue weighted by Crippen LogP contribution is 2.48. The molecule has 0 aliphatic carbocycles. The Kier molecular flexibility index (Phi) is 5.09.